The van der Waals surface area contributed by atoms with E-state index in [0.29, 0.717) is 26.1 Å². The van der Waals surface area contributed by atoms with E-state index in [0.717, 1.165) is 11.1 Å². The molecule has 1 aliphatic rings. The Bertz CT molecular complexity index is 1640. The van der Waals surface area contributed by atoms with E-state index < -0.39 is 26.3 Å². The van der Waals surface area contributed by atoms with Crippen LogP contribution in [0.25, 0.3) is 0 Å². The molecule has 0 bridgehead atoms. The summed E-state index contributed by atoms with van der Waals surface area (Å²) in [4.78, 5) is 0. The fourth-order valence-corrected chi connectivity index (χ4v) is 12.1. The third-order valence-corrected chi connectivity index (χ3v) is 15.4. The Morgan fingerprint density at radius 1 is 0.792 bits per heavy atom. The highest BCUT2D eigenvalue weighted by Crippen LogP contribution is 2.42. The summed E-state index contributed by atoms with van der Waals surface area (Å²) in [5, 5.41) is 2.29. The van der Waals surface area contributed by atoms with Gasteiger partial charge in [0.1, 0.15) is 19.0 Å². The molecule has 0 amide bonds. The summed E-state index contributed by atoms with van der Waals surface area (Å²) >= 11 is 0. The van der Waals surface area contributed by atoms with Crippen LogP contribution in [0.1, 0.15) is 51.7 Å². The molecule has 1 heterocycles. The van der Waals surface area contributed by atoms with Crippen molar-refractivity contribution in [1.82, 2.24) is 0 Å². The summed E-state index contributed by atoms with van der Waals surface area (Å²) in [6.45, 7) is 10.2. The predicted molar refractivity (Wildman–Crippen MR) is 212 cm³/mol. The van der Waals surface area contributed by atoms with Crippen LogP contribution in [0, 0.1) is 18.3 Å². The zero-order valence-corrected chi connectivity index (χ0v) is 33.1. The third-order valence-electron chi connectivity index (χ3n) is 10.3. The van der Waals surface area contributed by atoms with Gasteiger partial charge in [-0.15, -0.1) is 6.42 Å². The average molecular weight is 737 g/mol. The molecule has 0 spiro atoms. The molecule has 0 saturated carbocycles. The summed E-state index contributed by atoms with van der Waals surface area (Å²) in [5.41, 5.74) is 1.99. The Labute approximate surface area is 318 Å². The molecule has 53 heavy (non-hydrogen) atoms. The van der Waals surface area contributed by atoms with Crippen LogP contribution in [0.3, 0.4) is 0 Å². The van der Waals surface area contributed by atoms with Gasteiger partial charge in [0.25, 0.3) is 8.32 Å². The van der Waals surface area contributed by atoms with Gasteiger partial charge in [-0.25, -0.2) is 0 Å². The van der Waals surface area contributed by atoms with Crippen molar-refractivity contribution in [3.8, 4) is 12.3 Å². The van der Waals surface area contributed by atoms with E-state index in [1.165, 1.54) is 10.4 Å². The van der Waals surface area contributed by atoms with Gasteiger partial charge in [-0.1, -0.05) is 155 Å². The number of ether oxygens (including phenoxy) is 6. The molecule has 1 saturated heterocycles. The molecule has 0 unspecified atom stereocenters. The number of methoxy groups -OCH3 is 2. The number of hydrogen-bond donors (Lipinski definition) is 0. The second kappa shape index (κ2) is 19.1. The zero-order valence-electron chi connectivity index (χ0n) is 32.1. The van der Waals surface area contributed by atoms with Crippen LogP contribution in [0.5, 0.6) is 0 Å². The van der Waals surface area contributed by atoms with Crippen molar-refractivity contribution in [2.75, 3.05) is 27.6 Å². The molecule has 1 fully saturated rings. The second-order valence-electron chi connectivity index (χ2n) is 14.7. The van der Waals surface area contributed by atoms with Crippen LogP contribution < -0.4 is 10.4 Å². The van der Waals surface area contributed by atoms with Crippen molar-refractivity contribution < 1.29 is 32.8 Å². The highest BCUT2D eigenvalue weighted by Gasteiger charge is 2.55. The maximum atomic E-state index is 7.32. The molecule has 4 aromatic carbocycles. The van der Waals surface area contributed by atoms with Crippen molar-refractivity contribution in [2.24, 2.45) is 5.92 Å². The van der Waals surface area contributed by atoms with Crippen molar-refractivity contribution >= 4 is 18.7 Å². The molecule has 0 radical (unpaired) electrons. The Balaban J connectivity index is 1.48. The van der Waals surface area contributed by atoms with Crippen LogP contribution in [0.15, 0.2) is 121 Å². The first-order valence-corrected chi connectivity index (χ1v) is 20.4. The molecular weight excluding hydrogens is 681 g/mol. The molecule has 5 rings (SSSR count). The molecular formula is C45H56O7Si. The summed E-state index contributed by atoms with van der Waals surface area (Å²) in [5.74, 6) is 1.54. The van der Waals surface area contributed by atoms with E-state index in [1.54, 1.807) is 14.2 Å². The molecule has 0 aromatic heterocycles. The third kappa shape index (κ3) is 9.74. The molecule has 7 nitrogen and oxygen atoms in total. The monoisotopic (exact) mass is 736 g/mol. The number of hydrogen-bond acceptors (Lipinski definition) is 7. The Morgan fingerprint density at radius 2 is 1.30 bits per heavy atom. The lowest BCUT2D eigenvalue weighted by molar-refractivity contribution is -0.357. The molecule has 282 valence electrons. The standard InChI is InChI=1S/C45H56O7Si/c1-8-40(48-32-36-21-13-9-14-22-36)43(49-33-37-23-15-10-16-24-37)45(47-7)31-42(50-34-46-6)35(2)41(52-45)29-30-51-53(44(3,4)5,38-25-17-11-18-26-38)39-27-19-12-20-28-39/h1,9-28,35,40-43H,29-34H2,2-7H3/t35-,40-,41+,42-,43-,45-/m0/s1. The van der Waals surface area contributed by atoms with Gasteiger partial charge < -0.3 is 32.8 Å². The summed E-state index contributed by atoms with van der Waals surface area (Å²) in [7, 11) is 0.481. The summed E-state index contributed by atoms with van der Waals surface area (Å²) < 4.78 is 45.8. The summed E-state index contributed by atoms with van der Waals surface area (Å²) in [6, 6.07) is 41.3. The van der Waals surface area contributed by atoms with Crippen LogP contribution in [-0.4, -0.2) is 66.1 Å². The number of benzene rings is 4. The van der Waals surface area contributed by atoms with Crippen molar-refractivity contribution in [1.29, 1.82) is 0 Å². The van der Waals surface area contributed by atoms with E-state index in [4.69, 9.17) is 39.3 Å². The maximum Gasteiger partial charge on any atom is 0.261 e. The topological polar surface area (TPSA) is 64.6 Å². The minimum atomic E-state index is -2.79. The van der Waals surface area contributed by atoms with Crippen LogP contribution in [-0.2, 0) is 46.1 Å². The fraction of sp³-hybridized carbons (Fsp3) is 0.422. The minimum Gasteiger partial charge on any atom is -0.407 e. The van der Waals surface area contributed by atoms with Gasteiger partial charge in [-0.05, 0) is 33.0 Å². The lowest BCUT2D eigenvalue weighted by Gasteiger charge is -2.50. The number of terminal acetylenes is 1. The highest BCUT2D eigenvalue weighted by molar-refractivity contribution is 6.99. The lowest BCUT2D eigenvalue weighted by Crippen LogP contribution is -2.67. The molecule has 1 aliphatic heterocycles. The lowest BCUT2D eigenvalue weighted by atomic mass is 9.84. The van der Waals surface area contributed by atoms with Gasteiger partial charge in [0.2, 0.25) is 5.79 Å². The first-order valence-electron chi connectivity index (χ1n) is 18.5. The van der Waals surface area contributed by atoms with Gasteiger partial charge in [-0.3, -0.25) is 0 Å². The molecule has 0 N–H and O–H groups in total. The summed E-state index contributed by atoms with van der Waals surface area (Å²) in [6.07, 6.45) is 4.95. The minimum absolute atomic E-state index is 0.0273. The Hall–Kier alpha value is -3.62. The first kappa shape index (κ1) is 40.6. The van der Waals surface area contributed by atoms with Gasteiger partial charge >= 0.3 is 0 Å². The largest absolute Gasteiger partial charge is 0.407 e. The predicted octanol–water partition coefficient (Wildman–Crippen LogP) is 7.51. The molecule has 6 atom stereocenters. The van der Waals surface area contributed by atoms with E-state index in [1.807, 2.05) is 60.7 Å². The zero-order chi connectivity index (χ0) is 37.7. The van der Waals surface area contributed by atoms with Gasteiger partial charge in [0, 0.05) is 33.2 Å². The van der Waals surface area contributed by atoms with Crippen molar-refractivity contribution in [3.05, 3.63) is 132 Å². The van der Waals surface area contributed by atoms with E-state index >= 15 is 0 Å². The average Bonchev–Trinajstić information content (AvgIpc) is 3.19. The van der Waals surface area contributed by atoms with Crippen LogP contribution in [0.2, 0.25) is 5.04 Å². The van der Waals surface area contributed by atoms with Crippen molar-refractivity contribution in [2.45, 2.75) is 89.0 Å². The SMILES string of the molecule is C#C[C@H](OCc1ccccc1)[C@H](OCc1ccccc1)[C@]1(OC)C[C@H](OCOC)[C@@H](C)[C@@H](CCO[Si](c2ccccc2)(c2ccccc2)C(C)(C)C)O1. The molecule has 0 aliphatic carbocycles. The molecule has 4 aromatic rings. The Kier molecular flexibility index (Phi) is 14.6. The van der Waals surface area contributed by atoms with Gasteiger partial charge in [0.05, 0.1) is 25.4 Å². The van der Waals surface area contributed by atoms with E-state index in [2.05, 4.69) is 94.3 Å². The van der Waals surface area contributed by atoms with Crippen LogP contribution >= 0.6 is 0 Å². The smallest absolute Gasteiger partial charge is 0.261 e. The van der Waals surface area contributed by atoms with Gasteiger partial charge in [-0.2, -0.15) is 0 Å². The second-order valence-corrected chi connectivity index (χ2v) is 19.1. The quantitative estimate of drug-likeness (QED) is 0.0596. The highest BCUT2D eigenvalue weighted by atomic mass is 28.4. The van der Waals surface area contributed by atoms with Crippen molar-refractivity contribution in [3.63, 3.8) is 0 Å². The van der Waals surface area contributed by atoms with E-state index in [9.17, 15) is 0 Å². The molecule has 8 heteroatoms. The Morgan fingerprint density at radius 3 is 1.77 bits per heavy atom. The number of rotatable bonds is 18. The van der Waals surface area contributed by atoms with E-state index in [-0.39, 0.29) is 36.6 Å². The maximum absolute atomic E-state index is 7.32. The van der Waals surface area contributed by atoms with Crippen LogP contribution in [0.4, 0.5) is 0 Å². The first-order chi connectivity index (χ1) is 25.7. The van der Waals surface area contributed by atoms with Gasteiger partial charge in [0.15, 0.2) is 0 Å². The fourth-order valence-electron chi connectivity index (χ4n) is 7.51. The normalized spacial score (nSPS) is 21.8.